The van der Waals surface area contributed by atoms with E-state index in [0.717, 1.165) is 6.54 Å². The number of benzene rings is 1. The van der Waals surface area contributed by atoms with Crippen LogP contribution in [0.4, 0.5) is 0 Å². The molecule has 1 aliphatic rings. The second-order valence-corrected chi connectivity index (χ2v) is 5.62. The predicted molar refractivity (Wildman–Crippen MR) is 69.6 cm³/mol. The van der Waals surface area contributed by atoms with Gasteiger partial charge in [-0.15, -0.1) is 0 Å². The van der Waals surface area contributed by atoms with Crippen LogP contribution in [0.5, 0.6) is 0 Å². The first-order chi connectivity index (χ1) is 7.57. The molecule has 1 aliphatic carbocycles. The summed E-state index contributed by atoms with van der Waals surface area (Å²) >= 11 is 0. The van der Waals surface area contributed by atoms with Gasteiger partial charge in [0.2, 0.25) is 0 Å². The van der Waals surface area contributed by atoms with Gasteiger partial charge in [-0.2, -0.15) is 0 Å². The van der Waals surface area contributed by atoms with Crippen molar-refractivity contribution in [1.82, 2.24) is 5.32 Å². The quantitative estimate of drug-likeness (QED) is 0.813. The molecule has 0 radical (unpaired) electrons. The zero-order valence-corrected chi connectivity index (χ0v) is 10.8. The van der Waals surface area contributed by atoms with E-state index in [9.17, 15) is 0 Å². The van der Waals surface area contributed by atoms with E-state index in [2.05, 4.69) is 44.3 Å². The standard InChI is InChI=1S/C15H23N/c1-12-8-13(2)10-14(9-12)11-16-15(3)6-4-5-7-15/h8-10,16H,4-7,11H2,1-3H3. The van der Waals surface area contributed by atoms with Gasteiger partial charge in [0.1, 0.15) is 0 Å². The summed E-state index contributed by atoms with van der Waals surface area (Å²) in [5.41, 5.74) is 4.55. The summed E-state index contributed by atoms with van der Waals surface area (Å²) < 4.78 is 0. The van der Waals surface area contributed by atoms with Gasteiger partial charge in [0.05, 0.1) is 0 Å². The Hall–Kier alpha value is -0.820. The summed E-state index contributed by atoms with van der Waals surface area (Å²) in [6, 6.07) is 6.82. The monoisotopic (exact) mass is 217 g/mol. The van der Waals surface area contributed by atoms with Crippen LogP contribution in [0.25, 0.3) is 0 Å². The van der Waals surface area contributed by atoms with Crippen LogP contribution >= 0.6 is 0 Å². The summed E-state index contributed by atoms with van der Waals surface area (Å²) in [7, 11) is 0. The lowest BCUT2D eigenvalue weighted by Crippen LogP contribution is -2.38. The average molecular weight is 217 g/mol. The van der Waals surface area contributed by atoms with Crippen LogP contribution in [0.15, 0.2) is 18.2 Å². The third kappa shape index (κ3) is 2.85. The molecule has 0 saturated heterocycles. The van der Waals surface area contributed by atoms with Crippen molar-refractivity contribution in [3.8, 4) is 0 Å². The van der Waals surface area contributed by atoms with E-state index in [0.29, 0.717) is 5.54 Å². The van der Waals surface area contributed by atoms with Gasteiger partial charge >= 0.3 is 0 Å². The highest BCUT2D eigenvalue weighted by Crippen LogP contribution is 2.29. The van der Waals surface area contributed by atoms with Crippen LogP contribution in [-0.2, 0) is 6.54 Å². The minimum absolute atomic E-state index is 0.387. The Morgan fingerprint density at radius 2 is 1.62 bits per heavy atom. The van der Waals surface area contributed by atoms with Crippen molar-refractivity contribution < 1.29 is 0 Å². The number of hydrogen-bond acceptors (Lipinski definition) is 1. The lowest BCUT2D eigenvalue weighted by Gasteiger charge is -2.25. The molecule has 1 N–H and O–H groups in total. The highest BCUT2D eigenvalue weighted by molar-refractivity contribution is 5.28. The summed E-state index contributed by atoms with van der Waals surface area (Å²) in [5.74, 6) is 0. The number of rotatable bonds is 3. The second-order valence-electron chi connectivity index (χ2n) is 5.62. The number of hydrogen-bond donors (Lipinski definition) is 1. The smallest absolute Gasteiger partial charge is 0.0210 e. The van der Waals surface area contributed by atoms with Crippen molar-refractivity contribution in [2.75, 3.05) is 0 Å². The maximum atomic E-state index is 3.73. The van der Waals surface area contributed by atoms with Crippen molar-refractivity contribution in [2.45, 2.75) is 58.5 Å². The predicted octanol–water partition coefficient (Wildman–Crippen LogP) is 3.73. The normalized spacial score (nSPS) is 18.9. The van der Waals surface area contributed by atoms with E-state index in [1.807, 2.05) is 0 Å². The van der Waals surface area contributed by atoms with E-state index in [1.54, 1.807) is 0 Å². The maximum absolute atomic E-state index is 3.73. The molecule has 1 nitrogen and oxygen atoms in total. The van der Waals surface area contributed by atoms with Gasteiger partial charge < -0.3 is 5.32 Å². The molecule has 0 heterocycles. The third-order valence-corrected chi connectivity index (χ3v) is 3.71. The second kappa shape index (κ2) is 4.58. The van der Waals surface area contributed by atoms with Gasteiger partial charge in [0, 0.05) is 12.1 Å². The molecule has 0 unspecified atom stereocenters. The van der Waals surface area contributed by atoms with Crippen LogP contribution in [0.2, 0.25) is 0 Å². The number of nitrogens with one attached hydrogen (secondary N) is 1. The van der Waals surface area contributed by atoms with Crippen LogP contribution < -0.4 is 5.32 Å². The fraction of sp³-hybridized carbons (Fsp3) is 0.600. The van der Waals surface area contributed by atoms with Gasteiger partial charge in [-0.3, -0.25) is 0 Å². The fourth-order valence-electron chi connectivity index (χ4n) is 2.82. The average Bonchev–Trinajstić information content (AvgIpc) is 2.62. The molecule has 1 aromatic rings. The molecule has 88 valence electrons. The lowest BCUT2D eigenvalue weighted by molar-refractivity contribution is 0.362. The van der Waals surface area contributed by atoms with Crippen LogP contribution in [0.3, 0.4) is 0 Å². The number of aryl methyl sites for hydroxylation is 2. The minimum Gasteiger partial charge on any atom is -0.307 e. The largest absolute Gasteiger partial charge is 0.307 e. The molecule has 1 aromatic carbocycles. The molecule has 1 fully saturated rings. The van der Waals surface area contributed by atoms with Gasteiger partial charge in [0.15, 0.2) is 0 Å². The Morgan fingerprint density at radius 1 is 1.06 bits per heavy atom. The Labute approximate surface area is 99.3 Å². The van der Waals surface area contributed by atoms with Gasteiger partial charge in [0.25, 0.3) is 0 Å². The van der Waals surface area contributed by atoms with E-state index < -0.39 is 0 Å². The third-order valence-electron chi connectivity index (χ3n) is 3.71. The molecule has 0 bridgehead atoms. The van der Waals surface area contributed by atoms with Crippen LogP contribution in [0.1, 0.15) is 49.3 Å². The molecule has 2 rings (SSSR count). The Bertz CT molecular complexity index is 341. The highest BCUT2D eigenvalue weighted by Gasteiger charge is 2.27. The first-order valence-electron chi connectivity index (χ1n) is 6.40. The lowest BCUT2D eigenvalue weighted by atomic mass is 9.99. The minimum atomic E-state index is 0.387. The van der Waals surface area contributed by atoms with Crippen molar-refractivity contribution in [3.63, 3.8) is 0 Å². The Balaban J connectivity index is 1.98. The molecule has 0 amide bonds. The molecule has 16 heavy (non-hydrogen) atoms. The SMILES string of the molecule is Cc1cc(C)cc(CNC2(C)CCCC2)c1. The molecule has 0 aromatic heterocycles. The van der Waals surface area contributed by atoms with Gasteiger partial charge in [-0.25, -0.2) is 0 Å². The zero-order valence-electron chi connectivity index (χ0n) is 10.8. The first kappa shape index (κ1) is 11.7. The first-order valence-corrected chi connectivity index (χ1v) is 6.40. The summed E-state index contributed by atoms with van der Waals surface area (Å²) in [6.07, 6.45) is 5.43. The molecule has 1 heteroatoms. The van der Waals surface area contributed by atoms with Crippen molar-refractivity contribution in [3.05, 3.63) is 34.9 Å². The molecule has 1 saturated carbocycles. The van der Waals surface area contributed by atoms with Crippen molar-refractivity contribution in [2.24, 2.45) is 0 Å². The van der Waals surface area contributed by atoms with Crippen LogP contribution in [-0.4, -0.2) is 5.54 Å². The maximum Gasteiger partial charge on any atom is 0.0210 e. The molecule has 0 spiro atoms. The van der Waals surface area contributed by atoms with Crippen LogP contribution in [0, 0.1) is 13.8 Å². The fourth-order valence-corrected chi connectivity index (χ4v) is 2.82. The molecule has 0 atom stereocenters. The van der Waals surface area contributed by atoms with Gasteiger partial charge in [-0.05, 0) is 39.2 Å². The van der Waals surface area contributed by atoms with E-state index in [1.165, 1.54) is 42.4 Å². The molecule has 0 aliphatic heterocycles. The topological polar surface area (TPSA) is 12.0 Å². The molecular weight excluding hydrogens is 194 g/mol. The van der Waals surface area contributed by atoms with E-state index in [4.69, 9.17) is 0 Å². The van der Waals surface area contributed by atoms with E-state index in [-0.39, 0.29) is 0 Å². The molecular formula is C15H23N. The summed E-state index contributed by atoms with van der Waals surface area (Å²) in [6.45, 7) is 7.73. The Morgan fingerprint density at radius 3 is 2.19 bits per heavy atom. The Kier molecular flexibility index (Phi) is 3.34. The summed E-state index contributed by atoms with van der Waals surface area (Å²) in [4.78, 5) is 0. The highest BCUT2D eigenvalue weighted by atomic mass is 15.0. The van der Waals surface area contributed by atoms with E-state index >= 15 is 0 Å². The zero-order chi connectivity index (χ0) is 11.6. The van der Waals surface area contributed by atoms with Gasteiger partial charge in [-0.1, -0.05) is 42.2 Å². The van der Waals surface area contributed by atoms with Crippen molar-refractivity contribution >= 4 is 0 Å². The van der Waals surface area contributed by atoms with Crippen molar-refractivity contribution in [1.29, 1.82) is 0 Å². The summed E-state index contributed by atoms with van der Waals surface area (Å²) in [5, 5.41) is 3.73.